The summed E-state index contributed by atoms with van der Waals surface area (Å²) in [6.07, 6.45) is 0. The summed E-state index contributed by atoms with van der Waals surface area (Å²) in [7, 11) is -19.4. The third-order valence-corrected chi connectivity index (χ3v) is 9.64. The molecule has 0 saturated heterocycles. The summed E-state index contributed by atoms with van der Waals surface area (Å²) in [6, 6.07) is 7.21. The van der Waals surface area contributed by atoms with Crippen molar-refractivity contribution in [3.05, 3.63) is 48.5 Å². The van der Waals surface area contributed by atoms with Crippen LogP contribution in [-0.2, 0) is 40.5 Å². The molecule has 0 radical (unpaired) electrons. The van der Waals surface area contributed by atoms with Crippen LogP contribution in [0.25, 0.3) is 10.8 Å². The summed E-state index contributed by atoms with van der Waals surface area (Å²) >= 11 is 0. The predicted octanol–water partition coefficient (Wildman–Crippen LogP) is 3.54. The molecule has 20 nitrogen and oxygen atoms in total. The Bertz CT molecular complexity index is 2480. The molecule has 4 rings (SSSR count). The van der Waals surface area contributed by atoms with Crippen molar-refractivity contribution in [3.8, 4) is 11.5 Å². The molecule has 4 aromatic carbocycles. The van der Waals surface area contributed by atoms with E-state index in [2.05, 4.69) is 20.5 Å². The first-order chi connectivity index (χ1) is 21.6. The lowest BCUT2D eigenvalue weighted by Crippen LogP contribution is -2.04. The van der Waals surface area contributed by atoms with Gasteiger partial charge < -0.3 is 21.3 Å². The molecule has 0 unspecified atom stereocenters. The fourth-order valence-corrected chi connectivity index (χ4v) is 6.69. The van der Waals surface area contributed by atoms with Crippen LogP contribution in [0.1, 0.15) is 0 Å². The van der Waals surface area contributed by atoms with Gasteiger partial charge in [-0.05, 0) is 35.7 Å². The molecule has 250 valence electrons. The largest absolute Gasteiger partial charge is 0.505 e. The fraction of sp³-hybridized carbons (Fsp3) is 0.0435. The van der Waals surface area contributed by atoms with E-state index in [1.54, 1.807) is 0 Å². The number of anilines is 2. The number of nitrogen functional groups attached to an aromatic ring is 2. The molecular weight excluding hydrogens is 713 g/mol. The number of hydrogen-bond acceptors (Lipinski definition) is 16. The van der Waals surface area contributed by atoms with Gasteiger partial charge in [0, 0.05) is 6.07 Å². The molecule has 0 aliphatic carbocycles. The van der Waals surface area contributed by atoms with Gasteiger partial charge in [0.25, 0.3) is 40.5 Å². The van der Waals surface area contributed by atoms with Gasteiger partial charge in [0.05, 0.1) is 23.9 Å². The topological polar surface area (TPSA) is 348 Å². The van der Waals surface area contributed by atoms with Crippen LogP contribution < -0.4 is 16.2 Å². The minimum atomic E-state index is -5.32. The van der Waals surface area contributed by atoms with Crippen molar-refractivity contribution in [1.29, 1.82) is 0 Å². The van der Waals surface area contributed by atoms with Crippen LogP contribution in [-0.4, -0.2) is 64.1 Å². The highest BCUT2D eigenvalue weighted by Crippen LogP contribution is 2.48. The summed E-state index contributed by atoms with van der Waals surface area (Å²) in [5.74, 6) is -1.36. The minimum absolute atomic E-state index is 0.159. The zero-order valence-corrected chi connectivity index (χ0v) is 26.4. The molecule has 47 heavy (non-hydrogen) atoms. The number of benzene rings is 4. The van der Waals surface area contributed by atoms with Crippen molar-refractivity contribution < 1.29 is 61.7 Å². The van der Waals surface area contributed by atoms with E-state index in [-0.39, 0.29) is 11.4 Å². The van der Waals surface area contributed by atoms with E-state index in [9.17, 15) is 57.0 Å². The van der Waals surface area contributed by atoms with Crippen molar-refractivity contribution in [2.75, 3.05) is 18.6 Å². The fourth-order valence-electron chi connectivity index (χ4n) is 4.10. The molecule has 0 fully saturated rings. The Morgan fingerprint density at radius 2 is 1.11 bits per heavy atom. The molecule has 0 atom stereocenters. The Hall–Kier alpha value is -4.82. The van der Waals surface area contributed by atoms with Crippen LogP contribution in [0.5, 0.6) is 11.5 Å². The van der Waals surface area contributed by atoms with Crippen LogP contribution in [0.4, 0.5) is 34.1 Å². The number of nitrogens with two attached hydrogens (primary N) is 2. The van der Waals surface area contributed by atoms with Gasteiger partial charge in [0.15, 0.2) is 5.75 Å². The molecule has 0 amide bonds. The molecular formula is C23H20N6O14S4. The minimum Gasteiger partial charge on any atom is -0.505 e. The second-order valence-electron chi connectivity index (χ2n) is 9.14. The second-order valence-corrected chi connectivity index (χ2v) is 14.7. The number of phenols is 1. The first kappa shape index (κ1) is 35.0. The third kappa shape index (κ3) is 7.13. The van der Waals surface area contributed by atoms with Crippen molar-refractivity contribution in [2.45, 2.75) is 19.6 Å². The maximum Gasteiger partial charge on any atom is 0.296 e. The average molecular weight is 733 g/mol. The number of azo groups is 2. The van der Waals surface area contributed by atoms with E-state index in [1.807, 2.05) is 0 Å². The lowest BCUT2D eigenvalue weighted by atomic mass is 10.1. The Kier molecular flexibility index (Phi) is 9.01. The zero-order valence-electron chi connectivity index (χ0n) is 23.1. The highest BCUT2D eigenvalue weighted by Gasteiger charge is 2.28. The number of rotatable bonds is 9. The lowest BCUT2D eigenvalue weighted by Gasteiger charge is -2.14. The highest BCUT2D eigenvalue weighted by atomic mass is 32.2. The average Bonchev–Trinajstić information content (AvgIpc) is 2.94. The number of phenolic OH excluding ortho intramolecular Hbond substituents is 1. The van der Waals surface area contributed by atoms with Crippen molar-refractivity contribution in [2.24, 2.45) is 20.5 Å². The number of hydrogen-bond donors (Lipinski definition) is 7. The maximum atomic E-state index is 12.3. The SMILES string of the molecule is COc1cc(/N=N/c2c(S(=O)(=O)O)cc3cc(S(=O)(=O)O)c(/N=N/c4ccccc4S(=O)(=O)O)c(O)c3c2N)c(S(=O)(=O)O)cc1N. The van der Waals surface area contributed by atoms with Gasteiger partial charge in [0.2, 0.25) is 0 Å². The number of aromatic hydroxyl groups is 1. The molecule has 0 saturated carbocycles. The first-order valence-electron chi connectivity index (χ1n) is 12.0. The summed E-state index contributed by atoms with van der Waals surface area (Å²) in [5, 5.41) is 24.3. The van der Waals surface area contributed by atoms with Gasteiger partial charge in [-0.2, -0.15) is 33.7 Å². The van der Waals surface area contributed by atoms with Gasteiger partial charge >= 0.3 is 0 Å². The van der Waals surface area contributed by atoms with Crippen molar-refractivity contribution in [3.63, 3.8) is 0 Å². The number of nitrogens with zero attached hydrogens (tertiary/aromatic N) is 4. The first-order valence-corrected chi connectivity index (χ1v) is 17.7. The smallest absolute Gasteiger partial charge is 0.296 e. The standard InChI is InChI=1S/C23H20N6O14S4/c1-43-14-9-13(16(8-11(14)24)45(34,35)36)27-28-21-17(46(37,38)39)6-10-7-18(47(40,41)42)22(23(30)19(10)20(21)25)29-26-12-4-2-3-5-15(12)44(31,32)33/h2-9,30H,24-25H2,1H3,(H,31,32,33)(H,34,35,36)(H,37,38,39)(H,40,41,42)/b28-27+,29-26+. The summed E-state index contributed by atoms with van der Waals surface area (Å²) < 4.78 is 140. The van der Waals surface area contributed by atoms with Crippen LogP contribution in [0, 0.1) is 0 Å². The molecule has 9 N–H and O–H groups in total. The quantitative estimate of drug-likeness (QED) is 0.0734. The summed E-state index contributed by atoms with van der Waals surface area (Å²) in [6.45, 7) is 0. The Balaban J connectivity index is 2.09. The second kappa shape index (κ2) is 12.1. The van der Waals surface area contributed by atoms with Crippen LogP contribution in [0.2, 0.25) is 0 Å². The Morgan fingerprint density at radius 1 is 0.617 bits per heavy atom. The highest BCUT2D eigenvalue weighted by molar-refractivity contribution is 7.86. The monoisotopic (exact) mass is 732 g/mol. The molecule has 0 aromatic heterocycles. The van der Waals surface area contributed by atoms with E-state index in [0.717, 1.165) is 31.4 Å². The van der Waals surface area contributed by atoms with Crippen molar-refractivity contribution >= 4 is 85.4 Å². The summed E-state index contributed by atoms with van der Waals surface area (Å²) in [4.78, 5) is -4.04. The van der Waals surface area contributed by atoms with Gasteiger partial charge in [-0.25, -0.2) is 0 Å². The number of methoxy groups -OCH3 is 1. The van der Waals surface area contributed by atoms with E-state index in [1.165, 1.54) is 12.1 Å². The Labute approximate surface area is 265 Å². The van der Waals surface area contributed by atoms with Crippen LogP contribution in [0.15, 0.2) is 88.6 Å². The van der Waals surface area contributed by atoms with E-state index in [0.29, 0.717) is 12.1 Å². The normalized spacial score (nSPS) is 13.1. The lowest BCUT2D eigenvalue weighted by molar-refractivity contribution is 0.416. The Morgan fingerprint density at radius 3 is 1.64 bits per heavy atom. The molecule has 0 bridgehead atoms. The van der Waals surface area contributed by atoms with E-state index >= 15 is 0 Å². The third-order valence-electron chi connectivity index (χ3n) is 6.12. The molecule has 0 aliphatic heterocycles. The van der Waals surface area contributed by atoms with Gasteiger partial charge in [0.1, 0.15) is 48.1 Å². The zero-order chi connectivity index (χ0) is 35.3. The van der Waals surface area contributed by atoms with Gasteiger partial charge in [-0.15, -0.1) is 20.5 Å². The molecule has 4 aromatic rings. The number of ether oxygens (including phenoxy) is 1. The van der Waals surface area contributed by atoms with Crippen LogP contribution >= 0.6 is 0 Å². The van der Waals surface area contributed by atoms with E-state index < -0.39 is 105 Å². The number of fused-ring (bicyclic) bond motifs is 1. The molecule has 0 spiro atoms. The molecule has 24 heteroatoms. The van der Waals surface area contributed by atoms with Crippen LogP contribution in [0.3, 0.4) is 0 Å². The predicted molar refractivity (Wildman–Crippen MR) is 161 cm³/mol. The summed E-state index contributed by atoms with van der Waals surface area (Å²) in [5.41, 5.74) is 7.46. The maximum absolute atomic E-state index is 12.3. The van der Waals surface area contributed by atoms with Gasteiger partial charge in [-0.3, -0.25) is 18.2 Å². The molecule has 0 aliphatic rings. The molecule has 0 heterocycles. The van der Waals surface area contributed by atoms with E-state index in [4.69, 9.17) is 16.2 Å². The van der Waals surface area contributed by atoms with Gasteiger partial charge in [-0.1, -0.05) is 12.1 Å². The van der Waals surface area contributed by atoms with Crippen molar-refractivity contribution in [1.82, 2.24) is 0 Å².